The van der Waals surface area contributed by atoms with Crippen LogP contribution in [0.2, 0.25) is 5.02 Å². The molecular formula is C27H26ClFN2O4. The van der Waals surface area contributed by atoms with Crippen molar-refractivity contribution in [1.29, 1.82) is 0 Å². The number of methoxy groups -OCH3 is 1. The van der Waals surface area contributed by atoms with Gasteiger partial charge in [0.05, 0.1) is 12.7 Å². The van der Waals surface area contributed by atoms with Crippen molar-refractivity contribution in [3.8, 4) is 17.2 Å². The van der Waals surface area contributed by atoms with Gasteiger partial charge in [0.25, 0.3) is 5.91 Å². The maximum Gasteiger partial charge on any atom is 0.257 e. The number of hydrogen-bond donors (Lipinski definition) is 1. The molecule has 0 saturated carbocycles. The third kappa shape index (κ3) is 6.31. The monoisotopic (exact) mass is 496 g/mol. The summed E-state index contributed by atoms with van der Waals surface area (Å²) in [5, 5.41) is 3.45. The molecule has 182 valence electrons. The van der Waals surface area contributed by atoms with Crippen LogP contribution in [0.15, 0.2) is 66.7 Å². The molecule has 0 aliphatic carbocycles. The predicted molar refractivity (Wildman–Crippen MR) is 131 cm³/mol. The van der Waals surface area contributed by atoms with Crippen LogP contribution in [0, 0.1) is 11.7 Å². The first-order chi connectivity index (χ1) is 16.9. The zero-order valence-electron chi connectivity index (χ0n) is 19.3. The van der Waals surface area contributed by atoms with E-state index in [9.17, 15) is 14.0 Å². The zero-order chi connectivity index (χ0) is 24.8. The highest BCUT2D eigenvalue weighted by Crippen LogP contribution is 2.27. The molecule has 1 aliphatic heterocycles. The molecule has 0 unspecified atom stereocenters. The van der Waals surface area contributed by atoms with Crippen LogP contribution in [0.3, 0.4) is 0 Å². The van der Waals surface area contributed by atoms with Crippen molar-refractivity contribution in [2.45, 2.75) is 19.4 Å². The Morgan fingerprint density at radius 1 is 1.00 bits per heavy atom. The van der Waals surface area contributed by atoms with Crippen molar-refractivity contribution in [3.63, 3.8) is 0 Å². The fourth-order valence-electron chi connectivity index (χ4n) is 4.01. The average molecular weight is 497 g/mol. The molecule has 4 rings (SSSR count). The zero-order valence-corrected chi connectivity index (χ0v) is 20.1. The van der Waals surface area contributed by atoms with E-state index in [2.05, 4.69) is 5.32 Å². The lowest BCUT2D eigenvalue weighted by atomic mass is 9.95. The van der Waals surface area contributed by atoms with Gasteiger partial charge >= 0.3 is 0 Å². The minimum absolute atomic E-state index is 0.0240. The summed E-state index contributed by atoms with van der Waals surface area (Å²) in [5.74, 6) is 1.01. The molecule has 2 amide bonds. The van der Waals surface area contributed by atoms with Crippen LogP contribution >= 0.6 is 11.6 Å². The summed E-state index contributed by atoms with van der Waals surface area (Å²) in [7, 11) is 1.52. The Hall–Kier alpha value is -3.58. The highest BCUT2D eigenvalue weighted by atomic mass is 35.5. The number of hydrogen-bond acceptors (Lipinski definition) is 4. The van der Waals surface area contributed by atoms with Crippen molar-refractivity contribution >= 4 is 23.4 Å². The van der Waals surface area contributed by atoms with Crippen LogP contribution < -0.4 is 14.8 Å². The van der Waals surface area contributed by atoms with E-state index in [1.165, 1.54) is 19.2 Å². The first-order valence-corrected chi connectivity index (χ1v) is 11.7. The van der Waals surface area contributed by atoms with Crippen LogP contribution in [0.25, 0.3) is 0 Å². The molecule has 3 aromatic carbocycles. The number of ether oxygens (including phenoxy) is 2. The molecule has 35 heavy (non-hydrogen) atoms. The van der Waals surface area contributed by atoms with Gasteiger partial charge in [-0.25, -0.2) is 4.39 Å². The van der Waals surface area contributed by atoms with Gasteiger partial charge in [-0.1, -0.05) is 23.7 Å². The summed E-state index contributed by atoms with van der Waals surface area (Å²) in [5.41, 5.74) is 1.36. The Kier molecular flexibility index (Phi) is 7.87. The second kappa shape index (κ2) is 11.2. The van der Waals surface area contributed by atoms with Crippen molar-refractivity contribution in [1.82, 2.24) is 10.2 Å². The number of carbonyl (C=O) groups excluding carboxylic acids is 2. The molecule has 1 heterocycles. The number of halogens is 2. The number of amides is 2. The van der Waals surface area contributed by atoms with Crippen molar-refractivity contribution in [2.24, 2.45) is 5.92 Å². The smallest absolute Gasteiger partial charge is 0.257 e. The Balaban J connectivity index is 1.25. The molecular weight excluding hydrogens is 471 g/mol. The van der Waals surface area contributed by atoms with Gasteiger partial charge in [-0.05, 0) is 73.0 Å². The van der Waals surface area contributed by atoms with Crippen LogP contribution in [0.4, 0.5) is 4.39 Å². The Morgan fingerprint density at radius 2 is 1.63 bits per heavy atom. The largest absolute Gasteiger partial charge is 0.496 e. The van der Waals surface area contributed by atoms with Crippen LogP contribution in [0.1, 0.15) is 28.8 Å². The minimum Gasteiger partial charge on any atom is -0.496 e. The van der Waals surface area contributed by atoms with E-state index in [1.807, 2.05) is 12.1 Å². The van der Waals surface area contributed by atoms with E-state index in [1.54, 1.807) is 47.4 Å². The lowest BCUT2D eigenvalue weighted by molar-refractivity contribution is -0.126. The minimum atomic E-state index is -0.318. The number of rotatable bonds is 7. The summed E-state index contributed by atoms with van der Waals surface area (Å²) < 4.78 is 24.0. The van der Waals surface area contributed by atoms with E-state index in [4.69, 9.17) is 21.1 Å². The molecule has 0 atom stereocenters. The van der Waals surface area contributed by atoms with Gasteiger partial charge in [0.2, 0.25) is 5.91 Å². The number of carbonyl (C=O) groups is 2. The van der Waals surface area contributed by atoms with Gasteiger partial charge in [-0.2, -0.15) is 0 Å². The second-order valence-electron chi connectivity index (χ2n) is 8.33. The maximum absolute atomic E-state index is 13.0. The quantitative estimate of drug-likeness (QED) is 0.472. The highest BCUT2D eigenvalue weighted by Gasteiger charge is 2.29. The van der Waals surface area contributed by atoms with Gasteiger partial charge in [0, 0.05) is 30.6 Å². The topological polar surface area (TPSA) is 67.9 Å². The first kappa shape index (κ1) is 24.5. The van der Waals surface area contributed by atoms with Crippen LogP contribution in [-0.2, 0) is 11.3 Å². The lowest BCUT2D eigenvalue weighted by Crippen LogP contribution is -2.43. The molecule has 1 aliphatic rings. The molecule has 3 aromatic rings. The third-order valence-electron chi connectivity index (χ3n) is 5.98. The number of nitrogens with one attached hydrogen (secondary N) is 1. The summed E-state index contributed by atoms with van der Waals surface area (Å²) in [6.45, 7) is 1.37. The Morgan fingerprint density at radius 3 is 2.26 bits per heavy atom. The van der Waals surface area contributed by atoms with Crippen molar-refractivity contribution in [2.75, 3.05) is 20.2 Å². The summed E-state index contributed by atoms with van der Waals surface area (Å²) in [6, 6.07) is 18.1. The molecule has 0 aromatic heterocycles. The molecule has 0 radical (unpaired) electrons. The standard InChI is InChI=1S/C27H26ClFN2O4/c1-34-25-11-4-20(28)16-24(25)27(33)31-14-12-19(13-15-31)26(32)30-17-18-2-7-22(8-3-18)35-23-9-5-21(29)6-10-23/h2-11,16,19H,12-15,17H2,1H3,(H,30,32). The molecule has 8 heteroatoms. The SMILES string of the molecule is COc1ccc(Cl)cc1C(=O)N1CCC(C(=O)NCc2ccc(Oc3ccc(F)cc3)cc2)CC1. The predicted octanol–water partition coefficient (Wildman–Crippen LogP) is 5.45. The van der Waals surface area contributed by atoms with E-state index in [0.29, 0.717) is 60.3 Å². The Bertz CT molecular complexity index is 1180. The molecule has 6 nitrogen and oxygen atoms in total. The summed E-state index contributed by atoms with van der Waals surface area (Å²) in [4.78, 5) is 27.4. The van der Waals surface area contributed by atoms with Gasteiger partial charge in [0.15, 0.2) is 0 Å². The van der Waals surface area contributed by atoms with Gasteiger partial charge in [0.1, 0.15) is 23.1 Å². The van der Waals surface area contributed by atoms with E-state index in [-0.39, 0.29) is 23.5 Å². The van der Waals surface area contributed by atoms with Gasteiger partial charge in [-0.15, -0.1) is 0 Å². The van der Waals surface area contributed by atoms with E-state index >= 15 is 0 Å². The summed E-state index contributed by atoms with van der Waals surface area (Å²) in [6.07, 6.45) is 1.18. The molecule has 1 fully saturated rings. The highest BCUT2D eigenvalue weighted by molar-refractivity contribution is 6.31. The van der Waals surface area contributed by atoms with Gasteiger partial charge in [-0.3, -0.25) is 9.59 Å². The van der Waals surface area contributed by atoms with Crippen molar-refractivity contribution in [3.05, 3.63) is 88.7 Å². The lowest BCUT2D eigenvalue weighted by Gasteiger charge is -2.31. The van der Waals surface area contributed by atoms with E-state index < -0.39 is 0 Å². The molecule has 1 saturated heterocycles. The first-order valence-electron chi connectivity index (χ1n) is 11.4. The van der Waals surface area contributed by atoms with Crippen molar-refractivity contribution < 1.29 is 23.5 Å². The normalized spacial score (nSPS) is 13.9. The number of nitrogens with zero attached hydrogens (tertiary/aromatic N) is 1. The maximum atomic E-state index is 13.0. The second-order valence-corrected chi connectivity index (χ2v) is 8.77. The van der Waals surface area contributed by atoms with Crippen LogP contribution in [-0.4, -0.2) is 36.9 Å². The van der Waals surface area contributed by atoms with Crippen LogP contribution in [0.5, 0.6) is 17.2 Å². The Labute approximate surface area is 208 Å². The van der Waals surface area contributed by atoms with Gasteiger partial charge < -0.3 is 19.7 Å². The fourth-order valence-corrected chi connectivity index (χ4v) is 4.18. The van der Waals surface area contributed by atoms with E-state index in [0.717, 1.165) is 5.56 Å². The average Bonchev–Trinajstić information content (AvgIpc) is 2.89. The number of benzene rings is 3. The summed E-state index contributed by atoms with van der Waals surface area (Å²) >= 11 is 6.06. The fraction of sp³-hybridized carbons (Fsp3) is 0.259. The molecule has 1 N–H and O–H groups in total. The number of likely N-dealkylation sites (tertiary alicyclic amines) is 1. The number of piperidine rings is 1. The molecule has 0 spiro atoms. The third-order valence-corrected chi connectivity index (χ3v) is 6.22. The molecule has 0 bridgehead atoms.